The van der Waals surface area contributed by atoms with Crippen LogP contribution in [0, 0.1) is 0 Å². The topological polar surface area (TPSA) is 43.3 Å². The molecule has 0 amide bonds. The number of imidazole rings is 1. The summed E-state index contributed by atoms with van der Waals surface area (Å²) in [4.78, 5) is 4.40. The molecule has 1 aromatic carbocycles. The summed E-state index contributed by atoms with van der Waals surface area (Å²) >= 11 is 0. The van der Waals surface area contributed by atoms with Crippen LogP contribution in [0.25, 0.3) is 28.7 Å². The molecule has 0 saturated heterocycles. The highest BCUT2D eigenvalue weighted by Crippen LogP contribution is 2.13. The standard InChI is InChI=1S/C14H13N3/c1-2-10-11-5-3-4-6-12(11)14-16-7-8-17(14)13(10)9-15/h2-9H,15H2,1H3/b10-2-,13-9+. The Hall–Kier alpha value is -2.29. The van der Waals surface area contributed by atoms with E-state index in [4.69, 9.17) is 5.73 Å². The van der Waals surface area contributed by atoms with Crippen molar-refractivity contribution in [2.24, 2.45) is 5.73 Å². The van der Waals surface area contributed by atoms with Gasteiger partial charge in [-0.3, -0.25) is 4.40 Å². The average Bonchev–Trinajstić information content (AvgIpc) is 2.86. The summed E-state index contributed by atoms with van der Waals surface area (Å²) in [6, 6.07) is 8.26. The van der Waals surface area contributed by atoms with Crippen molar-refractivity contribution in [1.82, 2.24) is 9.38 Å². The second-order valence-electron chi connectivity index (χ2n) is 3.92. The van der Waals surface area contributed by atoms with Crippen molar-refractivity contribution >= 4 is 28.7 Å². The molecule has 0 atom stereocenters. The van der Waals surface area contributed by atoms with Crippen LogP contribution in [0.5, 0.6) is 0 Å². The van der Waals surface area contributed by atoms with Crippen molar-refractivity contribution in [3.05, 3.63) is 47.2 Å². The summed E-state index contributed by atoms with van der Waals surface area (Å²) in [5.41, 5.74) is 6.70. The van der Waals surface area contributed by atoms with Gasteiger partial charge in [-0.25, -0.2) is 4.98 Å². The molecule has 2 aromatic heterocycles. The predicted molar refractivity (Wildman–Crippen MR) is 70.7 cm³/mol. The van der Waals surface area contributed by atoms with E-state index in [9.17, 15) is 0 Å². The molecule has 0 bridgehead atoms. The molecule has 3 heteroatoms. The molecule has 84 valence electrons. The van der Waals surface area contributed by atoms with Gasteiger partial charge in [0.1, 0.15) is 5.65 Å². The van der Waals surface area contributed by atoms with Crippen LogP contribution in [0.1, 0.15) is 6.92 Å². The van der Waals surface area contributed by atoms with Gasteiger partial charge in [0.05, 0.1) is 5.35 Å². The number of pyridine rings is 1. The molecule has 0 aliphatic heterocycles. The first-order valence-corrected chi connectivity index (χ1v) is 5.59. The van der Waals surface area contributed by atoms with Gasteiger partial charge in [0.2, 0.25) is 0 Å². The molecule has 3 rings (SSSR count). The normalized spacial score (nSPS) is 13.9. The zero-order chi connectivity index (χ0) is 11.8. The number of benzene rings is 1. The maximum Gasteiger partial charge on any atom is 0.145 e. The Labute approximate surface area is 98.5 Å². The van der Waals surface area contributed by atoms with E-state index in [0.717, 1.165) is 21.6 Å². The molecule has 0 spiro atoms. The first-order valence-electron chi connectivity index (χ1n) is 5.59. The van der Waals surface area contributed by atoms with Gasteiger partial charge in [-0.15, -0.1) is 0 Å². The summed E-state index contributed by atoms with van der Waals surface area (Å²) in [7, 11) is 0. The fourth-order valence-electron chi connectivity index (χ4n) is 2.35. The van der Waals surface area contributed by atoms with Gasteiger partial charge in [0, 0.05) is 29.2 Å². The molecule has 0 saturated carbocycles. The van der Waals surface area contributed by atoms with Crippen LogP contribution < -0.4 is 16.3 Å². The van der Waals surface area contributed by atoms with E-state index in [0.29, 0.717) is 0 Å². The molecule has 2 heterocycles. The first-order chi connectivity index (χ1) is 8.36. The van der Waals surface area contributed by atoms with Gasteiger partial charge in [-0.05, 0) is 12.3 Å². The first kappa shape index (κ1) is 9.90. The summed E-state index contributed by atoms with van der Waals surface area (Å²) in [5, 5.41) is 4.47. The highest BCUT2D eigenvalue weighted by atomic mass is 15.0. The van der Waals surface area contributed by atoms with Crippen LogP contribution in [-0.4, -0.2) is 9.38 Å². The zero-order valence-corrected chi connectivity index (χ0v) is 9.59. The summed E-state index contributed by atoms with van der Waals surface area (Å²) in [5.74, 6) is 0. The number of fused-ring (bicyclic) bond motifs is 3. The zero-order valence-electron chi connectivity index (χ0n) is 9.59. The third-order valence-electron chi connectivity index (χ3n) is 3.08. The van der Waals surface area contributed by atoms with Crippen molar-refractivity contribution in [3.8, 4) is 0 Å². The Morgan fingerprint density at radius 2 is 2.00 bits per heavy atom. The van der Waals surface area contributed by atoms with Gasteiger partial charge in [-0.1, -0.05) is 30.3 Å². The van der Waals surface area contributed by atoms with Crippen LogP contribution in [0.3, 0.4) is 0 Å². The Balaban J connectivity index is 2.82. The Bertz CT molecular complexity index is 812. The highest BCUT2D eigenvalue weighted by Gasteiger charge is 2.04. The van der Waals surface area contributed by atoms with Crippen LogP contribution in [-0.2, 0) is 0 Å². The van der Waals surface area contributed by atoms with Crippen LogP contribution in [0.4, 0.5) is 0 Å². The molecule has 2 N–H and O–H groups in total. The number of hydrogen-bond acceptors (Lipinski definition) is 2. The quantitative estimate of drug-likeness (QED) is 0.617. The minimum absolute atomic E-state index is 0.947. The number of aromatic nitrogens is 2. The molecule has 0 aliphatic carbocycles. The van der Waals surface area contributed by atoms with Crippen molar-refractivity contribution in [3.63, 3.8) is 0 Å². The molecule has 0 unspecified atom stereocenters. The van der Waals surface area contributed by atoms with Crippen LogP contribution in [0.15, 0.2) is 36.7 Å². The largest absolute Gasteiger partial charge is 0.403 e. The fourth-order valence-corrected chi connectivity index (χ4v) is 2.35. The lowest BCUT2D eigenvalue weighted by molar-refractivity contribution is 1.12. The molecule has 0 fully saturated rings. The Morgan fingerprint density at radius 1 is 1.24 bits per heavy atom. The fraction of sp³-hybridized carbons (Fsp3) is 0.0714. The maximum absolute atomic E-state index is 5.75. The van der Waals surface area contributed by atoms with Gasteiger partial charge in [-0.2, -0.15) is 0 Å². The minimum Gasteiger partial charge on any atom is -0.403 e. The van der Waals surface area contributed by atoms with E-state index in [2.05, 4.69) is 23.2 Å². The van der Waals surface area contributed by atoms with E-state index in [-0.39, 0.29) is 0 Å². The second-order valence-corrected chi connectivity index (χ2v) is 3.92. The Morgan fingerprint density at radius 3 is 2.71 bits per heavy atom. The lowest BCUT2D eigenvalue weighted by Gasteiger charge is -2.04. The lowest BCUT2D eigenvalue weighted by atomic mass is 10.1. The van der Waals surface area contributed by atoms with E-state index in [1.165, 1.54) is 5.39 Å². The van der Waals surface area contributed by atoms with Gasteiger partial charge < -0.3 is 5.73 Å². The third kappa shape index (κ3) is 1.25. The van der Waals surface area contributed by atoms with Crippen LogP contribution >= 0.6 is 0 Å². The molecule has 17 heavy (non-hydrogen) atoms. The summed E-state index contributed by atoms with van der Waals surface area (Å²) in [6.45, 7) is 2.03. The van der Waals surface area contributed by atoms with E-state index >= 15 is 0 Å². The number of hydrogen-bond donors (Lipinski definition) is 1. The minimum atomic E-state index is 0.947. The van der Waals surface area contributed by atoms with Crippen molar-refractivity contribution in [1.29, 1.82) is 0 Å². The third-order valence-corrected chi connectivity index (χ3v) is 3.08. The van der Waals surface area contributed by atoms with Crippen molar-refractivity contribution in [2.45, 2.75) is 6.92 Å². The molecule has 3 nitrogen and oxygen atoms in total. The molecule has 0 radical (unpaired) electrons. The van der Waals surface area contributed by atoms with E-state index in [1.54, 1.807) is 12.4 Å². The number of rotatable bonds is 0. The summed E-state index contributed by atoms with van der Waals surface area (Å²) < 4.78 is 2.03. The van der Waals surface area contributed by atoms with Crippen LogP contribution in [0.2, 0.25) is 0 Å². The van der Waals surface area contributed by atoms with E-state index < -0.39 is 0 Å². The number of nitrogens with two attached hydrogens (primary N) is 1. The SMILES string of the molecule is C/C=c1\c(=C/N)n2ccnc2c2ccccc12. The molecule has 3 aromatic rings. The average molecular weight is 223 g/mol. The van der Waals surface area contributed by atoms with E-state index in [1.807, 2.05) is 29.7 Å². The summed E-state index contributed by atoms with van der Waals surface area (Å²) in [6.07, 6.45) is 7.46. The highest BCUT2D eigenvalue weighted by molar-refractivity contribution is 5.94. The lowest BCUT2D eigenvalue weighted by Crippen LogP contribution is -2.33. The van der Waals surface area contributed by atoms with Gasteiger partial charge in [0.25, 0.3) is 0 Å². The number of nitrogens with zero attached hydrogens (tertiary/aromatic N) is 2. The molecular formula is C14H13N3. The monoisotopic (exact) mass is 223 g/mol. The van der Waals surface area contributed by atoms with Crippen molar-refractivity contribution in [2.75, 3.05) is 0 Å². The second kappa shape index (κ2) is 3.63. The Kier molecular flexibility index (Phi) is 2.11. The van der Waals surface area contributed by atoms with Gasteiger partial charge >= 0.3 is 0 Å². The maximum atomic E-state index is 5.75. The molecule has 0 aliphatic rings. The predicted octanol–water partition coefficient (Wildman–Crippen LogP) is 0.985. The van der Waals surface area contributed by atoms with Crippen molar-refractivity contribution < 1.29 is 0 Å². The van der Waals surface area contributed by atoms with Gasteiger partial charge in [0.15, 0.2) is 0 Å². The molecular weight excluding hydrogens is 210 g/mol. The smallest absolute Gasteiger partial charge is 0.145 e.